The summed E-state index contributed by atoms with van der Waals surface area (Å²) < 4.78 is 0. The standard InChI is InChI=1S/C11H13OSi/c1-13(2,3)9-8-10-6-4-5-7-11(10)12/h4-7H,1-3H3. The Morgan fingerprint density at radius 2 is 1.77 bits per heavy atom. The minimum absolute atomic E-state index is 0.0215. The monoisotopic (exact) mass is 189 g/mol. The molecule has 1 radical (unpaired) electrons. The van der Waals surface area contributed by atoms with Crippen molar-refractivity contribution in [3.05, 3.63) is 29.8 Å². The SMILES string of the molecule is C[Si](C)(C)C#Cc1ccccc1[O]. The molecule has 0 amide bonds. The summed E-state index contributed by atoms with van der Waals surface area (Å²) in [5.41, 5.74) is 3.78. The molecule has 67 valence electrons. The quantitative estimate of drug-likeness (QED) is 0.441. The summed E-state index contributed by atoms with van der Waals surface area (Å²) in [6.07, 6.45) is 0. The molecule has 1 aromatic carbocycles. The zero-order valence-electron chi connectivity index (χ0n) is 8.22. The van der Waals surface area contributed by atoms with Crippen molar-refractivity contribution in [2.45, 2.75) is 19.6 Å². The topological polar surface area (TPSA) is 19.9 Å². The Balaban J connectivity index is 2.97. The molecule has 0 bridgehead atoms. The van der Waals surface area contributed by atoms with Gasteiger partial charge in [0.1, 0.15) is 8.07 Å². The lowest BCUT2D eigenvalue weighted by Crippen LogP contribution is -2.16. The van der Waals surface area contributed by atoms with E-state index in [9.17, 15) is 5.11 Å². The van der Waals surface area contributed by atoms with Crippen LogP contribution in [0.25, 0.3) is 0 Å². The van der Waals surface area contributed by atoms with Crippen LogP contribution in [-0.2, 0) is 5.11 Å². The maximum absolute atomic E-state index is 11.2. The Kier molecular flexibility index (Phi) is 2.79. The summed E-state index contributed by atoms with van der Waals surface area (Å²) in [7, 11) is -1.36. The highest BCUT2D eigenvalue weighted by molar-refractivity contribution is 6.83. The van der Waals surface area contributed by atoms with Gasteiger partial charge in [0.2, 0.25) is 0 Å². The molecule has 13 heavy (non-hydrogen) atoms. The molecule has 0 spiro atoms. The van der Waals surface area contributed by atoms with Crippen LogP contribution in [0.3, 0.4) is 0 Å². The van der Waals surface area contributed by atoms with Crippen LogP contribution in [0.15, 0.2) is 24.3 Å². The first kappa shape index (κ1) is 9.88. The minimum atomic E-state index is -1.36. The van der Waals surface area contributed by atoms with E-state index in [2.05, 4.69) is 31.1 Å². The Morgan fingerprint density at radius 1 is 1.15 bits per heavy atom. The van der Waals surface area contributed by atoms with E-state index in [0.717, 1.165) is 0 Å². The van der Waals surface area contributed by atoms with E-state index in [-0.39, 0.29) is 5.75 Å². The molecule has 0 saturated heterocycles. The fraction of sp³-hybridized carbons (Fsp3) is 0.273. The first-order chi connectivity index (χ1) is 5.99. The van der Waals surface area contributed by atoms with Crippen LogP contribution in [0.5, 0.6) is 5.75 Å². The van der Waals surface area contributed by atoms with Crippen LogP contribution < -0.4 is 0 Å². The molecule has 0 aliphatic heterocycles. The molecule has 1 rings (SSSR count). The molecule has 0 unspecified atom stereocenters. The maximum Gasteiger partial charge on any atom is 0.194 e. The predicted octanol–water partition coefficient (Wildman–Crippen LogP) is 3.06. The van der Waals surface area contributed by atoms with Crippen LogP contribution in [0.2, 0.25) is 19.6 Å². The highest BCUT2D eigenvalue weighted by atomic mass is 28.3. The fourth-order valence-corrected chi connectivity index (χ4v) is 1.33. The number of benzene rings is 1. The van der Waals surface area contributed by atoms with Crippen LogP contribution in [-0.4, -0.2) is 8.07 Å². The molecule has 0 fully saturated rings. The average molecular weight is 189 g/mol. The summed E-state index contributed by atoms with van der Waals surface area (Å²) >= 11 is 0. The second-order valence-corrected chi connectivity index (χ2v) is 8.75. The average Bonchev–Trinajstić information content (AvgIpc) is 2.01. The zero-order chi connectivity index (χ0) is 9.90. The molecule has 0 heterocycles. The van der Waals surface area contributed by atoms with Gasteiger partial charge in [0.25, 0.3) is 0 Å². The lowest BCUT2D eigenvalue weighted by molar-refractivity contribution is 0.353. The number of rotatable bonds is 0. The number of hydrogen-bond donors (Lipinski definition) is 0. The first-order valence-corrected chi connectivity index (χ1v) is 7.78. The van der Waals surface area contributed by atoms with Crippen LogP contribution >= 0.6 is 0 Å². The van der Waals surface area contributed by atoms with Crippen LogP contribution in [0.1, 0.15) is 5.56 Å². The third kappa shape index (κ3) is 3.35. The smallest absolute Gasteiger partial charge is 0.194 e. The van der Waals surface area contributed by atoms with Crippen molar-refractivity contribution in [2.75, 3.05) is 0 Å². The third-order valence-corrected chi connectivity index (χ3v) is 2.33. The van der Waals surface area contributed by atoms with Gasteiger partial charge in [-0.25, -0.2) is 0 Å². The van der Waals surface area contributed by atoms with Crippen molar-refractivity contribution >= 4 is 8.07 Å². The molecule has 0 saturated carbocycles. The van der Waals surface area contributed by atoms with E-state index in [1.165, 1.54) is 0 Å². The van der Waals surface area contributed by atoms with E-state index in [4.69, 9.17) is 0 Å². The molecule has 0 N–H and O–H groups in total. The van der Waals surface area contributed by atoms with Crippen LogP contribution in [0, 0.1) is 11.5 Å². The molecule has 0 atom stereocenters. The van der Waals surface area contributed by atoms with Gasteiger partial charge in [-0.3, -0.25) is 5.11 Å². The largest absolute Gasteiger partial charge is 0.289 e. The van der Waals surface area contributed by atoms with Crippen molar-refractivity contribution in [1.82, 2.24) is 0 Å². The molecular weight excluding hydrogens is 176 g/mol. The van der Waals surface area contributed by atoms with E-state index >= 15 is 0 Å². The Hall–Kier alpha value is -1.20. The van der Waals surface area contributed by atoms with Gasteiger partial charge in [-0.15, -0.1) is 5.54 Å². The summed E-state index contributed by atoms with van der Waals surface area (Å²) in [6, 6.07) is 6.90. The summed E-state index contributed by atoms with van der Waals surface area (Å²) in [5, 5.41) is 11.2. The molecular formula is C11H13OSi. The van der Waals surface area contributed by atoms with Gasteiger partial charge in [0.15, 0.2) is 5.75 Å². The molecule has 2 heteroatoms. The molecule has 0 aromatic heterocycles. The normalized spacial score (nSPS) is 10.4. The van der Waals surface area contributed by atoms with Crippen LogP contribution in [0.4, 0.5) is 0 Å². The first-order valence-electron chi connectivity index (χ1n) is 4.28. The van der Waals surface area contributed by atoms with Crippen molar-refractivity contribution < 1.29 is 5.11 Å². The predicted molar refractivity (Wildman–Crippen MR) is 56.8 cm³/mol. The maximum atomic E-state index is 11.2. The van der Waals surface area contributed by atoms with E-state index < -0.39 is 8.07 Å². The van der Waals surface area contributed by atoms with Gasteiger partial charge >= 0.3 is 0 Å². The van der Waals surface area contributed by atoms with Crippen molar-refractivity contribution in [1.29, 1.82) is 0 Å². The second-order valence-electron chi connectivity index (χ2n) is 4.00. The van der Waals surface area contributed by atoms with Gasteiger partial charge in [-0.05, 0) is 12.1 Å². The third-order valence-electron chi connectivity index (χ3n) is 1.46. The van der Waals surface area contributed by atoms with Gasteiger partial charge in [-0.2, -0.15) is 0 Å². The number of hydrogen-bond acceptors (Lipinski definition) is 0. The molecule has 0 aliphatic carbocycles. The van der Waals surface area contributed by atoms with Gasteiger partial charge < -0.3 is 0 Å². The van der Waals surface area contributed by atoms with Crippen molar-refractivity contribution in [3.63, 3.8) is 0 Å². The Bertz CT molecular complexity index is 352. The van der Waals surface area contributed by atoms with Crippen molar-refractivity contribution in [3.8, 4) is 17.2 Å². The Morgan fingerprint density at radius 3 is 2.31 bits per heavy atom. The lowest BCUT2D eigenvalue weighted by Gasteiger charge is -2.03. The highest BCUT2D eigenvalue weighted by Crippen LogP contribution is 2.14. The van der Waals surface area contributed by atoms with Crippen molar-refractivity contribution in [2.24, 2.45) is 0 Å². The molecule has 0 aliphatic rings. The number of para-hydroxylation sites is 1. The second kappa shape index (κ2) is 3.67. The van der Waals surface area contributed by atoms with Gasteiger partial charge in [-0.1, -0.05) is 37.7 Å². The van der Waals surface area contributed by atoms with Gasteiger partial charge in [0.05, 0.1) is 5.56 Å². The van der Waals surface area contributed by atoms with Gasteiger partial charge in [0, 0.05) is 0 Å². The molecule has 1 aromatic rings. The molecule has 1 nitrogen and oxygen atoms in total. The Labute approximate surface area is 80.4 Å². The zero-order valence-corrected chi connectivity index (χ0v) is 9.22. The fourth-order valence-electron chi connectivity index (χ4n) is 0.825. The van der Waals surface area contributed by atoms with E-state index in [0.29, 0.717) is 5.56 Å². The minimum Gasteiger partial charge on any atom is -0.289 e. The summed E-state index contributed by atoms with van der Waals surface area (Å²) in [4.78, 5) is 0. The highest BCUT2D eigenvalue weighted by Gasteiger charge is 2.07. The summed E-state index contributed by atoms with van der Waals surface area (Å²) in [5.74, 6) is 2.97. The van der Waals surface area contributed by atoms with E-state index in [1.807, 2.05) is 6.07 Å². The van der Waals surface area contributed by atoms with E-state index in [1.54, 1.807) is 18.2 Å². The summed E-state index contributed by atoms with van der Waals surface area (Å²) in [6.45, 7) is 6.48. The lowest BCUT2D eigenvalue weighted by atomic mass is 10.2.